The van der Waals surface area contributed by atoms with Gasteiger partial charge in [-0.3, -0.25) is 0 Å². The highest BCUT2D eigenvalue weighted by molar-refractivity contribution is 7.86. The van der Waals surface area contributed by atoms with Gasteiger partial charge in [0.15, 0.2) is 0 Å². The summed E-state index contributed by atoms with van der Waals surface area (Å²) in [5, 5.41) is 3.41. The highest BCUT2D eigenvalue weighted by atomic mass is 32.2. The molecule has 20 heavy (non-hydrogen) atoms. The molecule has 0 spiro atoms. The van der Waals surface area contributed by atoms with Crippen LogP contribution in [0.4, 0.5) is 0 Å². The number of hydrogen-bond donors (Lipinski definition) is 1. The van der Waals surface area contributed by atoms with Gasteiger partial charge in [0.05, 0.1) is 0 Å². The number of nitrogens with zero attached hydrogens (tertiary/aromatic N) is 2. The predicted molar refractivity (Wildman–Crippen MR) is 81.8 cm³/mol. The van der Waals surface area contributed by atoms with Crippen LogP contribution < -0.4 is 5.32 Å². The average molecular weight is 303 g/mol. The van der Waals surface area contributed by atoms with Gasteiger partial charge in [-0.1, -0.05) is 13.3 Å². The van der Waals surface area contributed by atoms with Gasteiger partial charge in [-0.2, -0.15) is 17.0 Å². The van der Waals surface area contributed by atoms with Crippen LogP contribution in [-0.2, 0) is 10.2 Å². The lowest BCUT2D eigenvalue weighted by Gasteiger charge is -2.29. The molecule has 0 bridgehead atoms. The second-order valence-electron chi connectivity index (χ2n) is 6.24. The second-order valence-corrected chi connectivity index (χ2v) is 8.27. The van der Waals surface area contributed by atoms with E-state index in [0.29, 0.717) is 31.6 Å². The molecule has 0 amide bonds. The first-order valence-electron chi connectivity index (χ1n) is 7.98. The Labute approximate surface area is 123 Å². The van der Waals surface area contributed by atoms with E-state index in [1.165, 1.54) is 17.1 Å². The summed E-state index contributed by atoms with van der Waals surface area (Å²) in [7, 11) is -1.57. The minimum Gasteiger partial charge on any atom is -0.313 e. The maximum Gasteiger partial charge on any atom is 0.281 e. The van der Waals surface area contributed by atoms with E-state index in [2.05, 4.69) is 12.2 Å². The van der Waals surface area contributed by atoms with Gasteiger partial charge in [0.2, 0.25) is 0 Å². The van der Waals surface area contributed by atoms with E-state index < -0.39 is 10.2 Å². The van der Waals surface area contributed by atoms with Gasteiger partial charge in [-0.25, -0.2) is 0 Å². The van der Waals surface area contributed by atoms with Gasteiger partial charge in [0.25, 0.3) is 10.2 Å². The molecule has 1 aliphatic carbocycles. The van der Waals surface area contributed by atoms with Crippen molar-refractivity contribution < 1.29 is 8.42 Å². The van der Waals surface area contributed by atoms with Crippen molar-refractivity contribution in [2.24, 2.45) is 5.92 Å². The Morgan fingerprint density at radius 2 is 1.95 bits per heavy atom. The molecule has 0 aromatic carbocycles. The molecule has 0 aromatic rings. The number of rotatable bonds is 9. The van der Waals surface area contributed by atoms with Crippen LogP contribution in [0.5, 0.6) is 0 Å². The minimum absolute atomic E-state index is 0.336. The summed E-state index contributed by atoms with van der Waals surface area (Å²) in [6.45, 7) is 5.07. The standard InChI is InChI=1S/C14H29N3O2S/c1-3-4-10-16(2)20(18,19)17(11-13-7-8-13)12-14-6-5-9-15-14/h13-15H,3-12H2,1-2H3. The molecular formula is C14H29N3O2S. The topological polar surface area (TPSA) is 52.7 Å². The van der Waals surface area contributed by atoms with Gasteiger partial charge in [0.1, 0.15) is 0 Å². The Hall–Kier alpha value is -0.170. The van der Waals surface area contributed by atoms with E-state index in [9.17, 15) is 8.42 Å². The highest BCUT2D eigenvalue weighted by Gasteiger charge is 2.34. The largest absolute Gasteiger partial charge is 0.313 e. The molecule has 1 N–H and O–H groups in total. The summed E-state index contributed by atoms with van der Waals surface area (Å²) < 4.78 is 28.7. The third-order valence-corrected chi connectivity index (χ3v) is 6.21. The fourth-order valence-electron chi connectivity index (χ4n) is 2.70. The van der Waals surface area contributed by atoms with Crippen molar-refractivity contribution in [3.63, 3.8) is 0 Å². The van der Waals surface area contributed by atoms with Crippen molar-refractivity contribution in [3.8, 4) is 0 Å². The highest BCUT2D eigenvalue weighted by Crippen LogP contribution is 2.31. The van der Waals surface area contributed by atoms with Gasteiger partial charge >= 0.3 is 0 Å². The molecule has 1 saturated heterocycles. The number of nitrogens with one attached hydrogen (secondary N) is 1. The van der Waals surface area contributed by atoms with Crippen molar-refractivity contribution in [2.75, 3.05) is 33.2 Å². The van der Waals surface area contributed by atoms with Crippen LogP contribution in [0.1, 0.15) is 45.4 Å². The van der Waals surface area contributed by atoms with Crippen LogP contribution in [-0.4, -0.2) is 56.3 Å². The molecule has 6 heteroatoms. The van der Waals surface area contributed by atoms with E-state index in [1.807, 2.05) is 0 Å². The second kappa shape index (κ2) is 7.20. The Morgan fingerprint density at radius 3 is 2.50 bits per heavy atom. The normalized spacial score (nSPS) is 23.9. The van der Waals surface area contributed by atoms with Crippen molar-refractivity contribution in [3.05, 3.63) is 0 Å². The van der Waals surface area contributed by atoms with Crippen molar-refractivity contribution in [1.29, 1.82) is 0 Å². The molecule has 1 unspecified atom stereocenters. The average Bonchev–Trinajstić information content (AvgIpc) is 3.09. The summed E-state index contributed by atoms with van der Waals surface area (Å²) in [6, 6.07) is 0.336. The van der Waals surface area contributed by atoms with Gasteiger partial charge in [-0.15, -0.1) is 0 Å². The molecule has 2 fully saturated rings. The maximum absolute atomic E-state index is 12.7. The quantitative estimate of drug-likeness (QED) is 0.701. The Bertz CT molecular complexity index is 389. The lowest BCUT2D eigenvalue weighted by atomic mass is 10.2. The first-order chi connectivity index (χ1) is 9.54. The molecule has 0 aromatic heterocycles. The molecule has 2 rings (SSSR count). The fourth-order valence-corrected chi connectivity index (χ4v) is 4.22. The van der Waals surface area contributed by atoms with E-state index in [4.69, 9.17) is 0 Å². The zero-order valence-electron chi connectivity index (χ0n) is 12.8. The molecule has 1 aliphatic heterocycles. The van der Waals surface area contributed by atoms with Crippen LogP contribution in [0.2, 0.25) is 0 Å². The molecular weight excluding hydrogens is 274 g/mol. The van der Waals surface area contributed by atoms with Gasteiger partial charge < -0.3 is 5.32 Å². The van der Waals surface area contributed by atoms with Crippen molar-refractivity contribution in [1.82, 2.24) is 13.9 Å². The maximum atomic E-state index is 12.7. The SMILES string of the molecule is CCCCN(C)S(=O)(=O)N(CC1CC1)CC1CCCN1. The number of hydrogen-bond acceptors (Lipinski definition) is 3. The van der Waals surface area contributed by atoms with E-state index >= 15 is 0 Å². The molecule has 118 valence electrons. The van der Waals surface area contributed by atoms with Crippen LogP contribution in [0, 0.1) is 5.92 Å². The van der Waals surface area contributed by atoms with Crippen molar-refractivity contribution in [2.45, 2.75) is 51.5 Å². The third-order valence-electron chi connectivity index (χ3n) is 4.29. The molecule has 0 radical (unpaired) electrons. The zero-order valence-corrected chi connectivity index (χ0v) is 13.7. The molecule has 1 heterocycles. The summed E-state index contributed by atoms with van der Waals surface area (Å²) in [6.07, 6.45) is 6.57. The van der Waals surface area contributed by atoms with Crippen LogP contribution in [0.15, 0.2) is 0 Å². The lowest BCUT2D eigenvalue weighted by Crippen LogP contribution is -2.48. The Morgan fingerprint density at radius 1 is 1.20 bits per heavy atom. The predicted octanol–water partition coefficient (Wildman–Crippen LogP) is 1.43. The molecule has 5 nitrogen and oxygen atoms in total. The third kappa shape index (κ3) is 4.41. The van der Waals surface area contributed by atoms with E-state index in [0.717, 1.165) is 32.2 Å². The summed E-state index contributed by atoms with van der Waals surface area (Å²) in [5.74, 6) is 0.589. The molecule has 1 saturated carbocycles. The van der Waals surface area contributed by atoms with Crippen molar-refractivity contribution >= 4 is 10.2 Å². The summed E-state index contributed by atoms with van der Waals surface area (Å²) >= 11 is 0. The monoisotopic (exact) mass is 303 g/mol. The smallest absolute Gasteiger partial charge is 0.281 e. The fraction of sp³-hybridized carbons (Fsp3) is 1.00. The van der Waals surface area contributed by atoms with Gasteiger partial charge in [-0.05, 0) is 44.6 Å². The minimum atomic E-state index is -3.29. The van der Waals surface area contributed by atoms with Crippen LogP contribution >= 0.6 is 0 Å². The molecule has 2 aliphatic rings. The summed E-state index contributed by atoms with van der Waals surface area (Å²) in [4.78, 5) is 0. The van der Waals surface area contributed by atoms with Gasteiger partial charge in [0, 0.05) is 32.7 Å². The lowest BCUT2D eigenvalue weighted by molar-refractivity contribution is 0.323. The Kier molecular flexibility index (Phi) is 5.84. The first-order valence-corrected chi connectivity index (χ1v) is 9.38. The van der Waals surface area contributed by atoms with E-state index in [-0.39, 0.29) is 0 Å². The van der Waals surface area contributed by atoms with E-state index in [1.54, 1.807) is 11.4 Å². The van der Waals surface area contributed by atoms with Crippen LogP contribution in [0.25, 0.3) is 0 Å². The first kappa shape index (κ1) is 16.2. The zero-order chi connectivity index (χ0) is 14.6. The van der Waals surface area contributed by atoms with Crippen LogP contribution in [0.3, 0.4) is 0 Å². The Balaban J connectivity index is 1.98. The molecule has 1 atom stereocenters. The summed E-state index contributed by atoms with van der Waals surface area (Å²) in [5.41, 5.74) is 0. The number of unbranched alkanes of at least 4 members (excludes halogenated alkanes) is 1.